The zero-order valence-electron chi connectivity index (χ0n) is 13.9. The van der Waals surface area contributed by atoms with Crippen molar-refractivity contribution >= 4 is 24.0 Å². The second-order valence-corrected chi connectivity index (χ2v) is 7.02. The lowest BCUT2D eigenvalue weighted by Gasteiger charge is -2.29. The van der Waals surface area contributed by atoms with Crippen molar-refractivity contribution in [2.45, 2.75) is 58.0 Å². The van der Waals surface area contributed by atoms with E-state index in [-0.39, 0.29) is 29.8 Å². The fourth-order valence-corrected chi connectivity index (χ4v) is 3.80. The first-order valence-electron chi connectivity index (χ1n) is 7.64. The number of carbonyl (C=O) groups is 1. The van der Waals surface area contributed by atoms with Gasteiger partial charge in [0.05, 0.1) is 11.1 Å². The number of benzene rings is 1. The average molecular weight is 325 g/mol. The van der Waals surface area contributed by atoms with Crippen LogP contribution in [0.2, 0.25) is 0 Å². The summed E-state index contributed by atoms with van der Waals surface area (Å²) in [7, 11) is 0. The van der Waals surface area contributed by atoms with Crippen molar-refractivity contribution in [3.8, 4) is 5.75 Å². The van der Waals surface area contributed by atoms with Crippen LogP contribution in [0.5, 0.6) is 5.75 Å². The normalized spacial score (nSPS) is 27.5. The van der Waals surface area contributed by atoms with Crippen molar-refractivity contribution in [1.82, 2.24) is 0 Å². The second kappa shape index (κ2) is 5.14. The molecule has 0 aliphatic carbocycles. The Morgan fingerprint density at radius 2 is 2.00 bits per heavy atom. The van der Waals surface area contributed by atoms with Gasteiger partial charge in [-0.15, -0.1) is 12.4 Å². The number of ether oxygens (including phenoxy) is 1. The summed E-state index contributed by atoms with van der Waals surface area (Å²) in [5.41, 5.74) is 9.25. The molecule has 0 bridgehead atoms. The van der Waals surface area contributed by atoms with E-state index in [4.69, 9.17) is 10.5 Å². The highest BCUT2D eigenvalue weighted by Crippen LogP contribution is 2.55. The van der Waals surface area contributed by atoms with Crippen LogP contribution in [-0.2, 0) is 10.2 Å². The first-order valence-corrected chi connectivity index (χ1v) is 7.64. The smallest absolute Gasteiger partial charge is 0.234 e. The molecule has 0 aromatic heterocycles. The average Bonchev–Trinajstić information content (AvgIpc) is 2.83. The van der Waals surface area contributed by atoms with Crippen LogP contribution in [0.1, 0.15) is 56.7 Å². The molecule has 0 saturated heterocycles. The third-order valence-corrected chi connectivity index (χ3v) is 5.20. The van der Waals surface area contributed by atoms with Crippen molar-refractivity contribution < 1.29 is 9.53 Å². The van der Waals surface area contributed by atoms with E-state index in [1.165, 1.54) is 5.56 Å². The van der Waals surface area contributed by atoms with Crippen LogP contribution in [0.3, 0.4) is 0 Å². The molecule has 2 heterocycles. The molecule has 0 saturated carbocycles. The lowest BCUT2D eigenvalue weighted by molar-refractivity contribution is -0.119. The molecular weight excluding hydrogens is 300 g/mol. The Morgan fingerprint density at radius 3 is 2.55 bits per heavy atom. The summed E-state index contributed by atoms with van der Waals surface area (Å²) in [5, 5.41) is 3.01. The van der Waals surface area contributed by atoms with Crippen molar-refractivity contribution in [1.29, 1.82) is 0 Å². The minimum Gasteiger partial charge on any atom is -0.485 e. The van der Waals surface area contributed by atoms with Gasteiger partial charge in [-0.25, -0.2) is 0 Å². The molecule has 4 nitrogen and oxygen atoms in total. The van der Waals surface area contributed by atoms with Gasteiger partial charge in [0.1, 0.15) is 11.4 Å². The van der Waals surface area contributed by atoms with Crippen molar-refractivity contribution in [2.24, 2.45) is 5.73 Å². The van der Waals surface area contributed by atoms with Crippen LogP contribution < -0.4 is 15.8 Å². The van der Waals surface area contributed by atoms with Gasteiger partial charge in [-0.2, -0.15) is 0 Å². The van der Waals surface area contributed by atoms with Crippen molar-refractivity contribution in [2.75, 3.05) is 11.9 Å². The topological polar surface area (TPSA) is 64.3 Å². The molecule has 0 fully saturated rings. The Morgan fingerprint density at radius 1 is 1.36 bits per heavy atom. The Bertz CT molecular complexity index is 642. The number of anilines is 1. The Balaban J connectivity index is 0.00000176. The van der Waals surface area contributed by atoms with Crippen molar-refractivity contribution in [3.05, 3.63) is 22.8 Å². The van der Waals surface area contributed by atoms with E-state index in [0.29, 0.717) is 6.54 Å². The molecule has 5 heteroatoms. The second-order valence-electron chi connectivity index (χ2n) is 7.02. The van der Waals surface area contributed by atoms with Gasteiger partial charge < -0.3 is 15.8 Å². The zero-order chi connectivity index (χ0) is 15.6. The number of nitrogens with one attached hydrogen (secondary N) is 1. The maximum atomic E-state index is 12.3. The lowest BCUT2D eigenvalue weighted by Crippen LogP contribution is -2.42. The standard InChI is InChI=1S/C17H24N2O2.ClH/c1-6-11-10-7-9(2)13-12(16(3,4)15(20)19-13)14(10)21-17(11,5)8-18;/h7,11H,6,8,18H2,1-5H3,(H,19,20);1H/t11-,17-;/m0./s1. The van der Waals surface area contributed by atoms with E-state index in [1.807, 2.05) is 20.8 Å². The molecule has 122 valence electrons. The first-order chi connectivity index (χ1) is 9.76. The molecule has 2 atom stereocenters. The summed E-state index contributed by atoms with van der Waals surface area (Å²) in [6.07, 6.45) is 0.973. The predicted molar refractivity (Wildman–Crippen MR) is 91.2 cm³/mol. The van der Waals surface area contributed by atoms with Crippen LogP contribution in [-0.4, -0.2) is 18.1 Å². The van der Waals surface area contributed by atoms with Gasteiger partial charge >= 0.3 is 0 Å². The van der Waals surface area contributed by atoms with E-state index >= 15 is 0 Å². The molecule has 22 heavy (non-hydrogen) atoms. The van der Waals surface area contributed by atoms with Gasteiger partial charge in [0.15, 0.2) is 0 Å². The third-order valence-electron chi connectivity index (χ3n) is 5.20. The molecular formula is C17H25ClN2O2. The van der Waals surface area contributed by atoms with Gasteiger partial charge in [0.25, 0.3) is 0 Å². The molecule has 0 unspecified atom stereocenters. The summed E-state index contributed by atoms with van der Waals surface area (Å²) >= 11 is 0. The molecule has 2 aliphatic rings. The van der Waals surface area contributed by atoms with Gasteiger partial charge in [-0.3, -0.25) is 4.79 Å². The van der Waals surface area contributed by atoms with E-state index in [2.05, 4.69) is 25.2 Å². The number of amides is 1. The highest BCUT2D eigenvalue weighted by Gasteiger charge is 2.50. The molecule has 0 spiro atoms. The van der Waals surface area contributed by atoms with Gasteiger partial charge in [-0.1, -0.05) is 6.92 Å². The summed E-state index contributed by atoms with van der Waals surface area (Å²) < 4.78 is 6.31. The fourth-order valence-electron chi connectivity index (χ4n) is 3.80. The highest BCUT2D eigenvalue weighted by atomic mass is 35.5. The summed E-state index contributed by atoms with van der Waals surface area (Å²) in [4.78, 5) is 12.3. The number of halogens is 1. The summed E-state index contributed by atoms with van der Waals surface area (Å²) in [5.74, 6) is 1.18. The van der Waals surface area contributed by atoms with Crippen LogP contribution in [0.4, 0.5) is 5.69 Å². The Hall–Kier alpha value is -1.26. The SMILES string of the molecule is CC[C@H]1c2cc(C)c3c(c2O[C@@]1(C)CN)C(C)(C)C(=O)N3.Cl. The number of carbonyl (C=O) groups excluding carboxylic acids is 1. The number of fused-ring (bicyclic) bond motifs is 3. The Labute approximate surface area is 138 Å². The summed E-state index contributed by atoms with van der Waals surface area (Å²) in [6, 6.07) is 2.16. The molecule has 0 radical (unpaired) electrons. The van der Waals surface area contributed by atoms with E-state index in [1.54, 1.807) is 0 Å². The molecule has 2 aliphatic heterocycles. The number of hydrogen-bond acceptors (Lipinski definition) is 3. The van der Waals surface area contributed by atoms with Crippen LogP contribution in [0, 0.1) is 6.92 Å². The maximum absolute atomic E-state index is 12.3. The Kier molecular flexibility index (Phi) is 3.99. The number of aryl methyl sites for hydroxylation is 1. The van der Waals surface area contributed by atoms with Gasteiger partial charge in [0.2, 0.25) is 5.91 Å². The molecule has 1 aromatic rings. The van der Waals surface area contributed by atoms with Gasteiger partial charge in [-0.05, 0) is 45.7 Å². The predicted octanol–water partition coefficient (Wildman–Crippen LogP) is 3.25. The monoisotopic (exact) mass is 324 g/mol. The lowest BCUT2D eigenvalue weighted by atomic mass is 9.79. The van der Waals surface area contributed by atoms with Crippen LogP contribution in [0.15, 0.2) is 6.07 Å². The van der Waals surface area contributed by atoms with E-state index in [9.17, 15) is 4.79 Å². The highest BCUT2D eigenvalue weighted by molar-refractivity contribution is 6.07. The largest absolute Gasteiger partial charge is 0.485 e. The minimum absolute atomic E-state index is 0. The van der Waals surface area contributed by atoms with Gasteiger partial charge in [0, 0.05) is 23.6 Å². The molecule has 1 amide bonds. The van der Waals surface area contributed by atoms with Crippen molar-refractivity contribution in [3.63, 3.8) is 0 Å². The number of nitrogens with two attached hydrogens (primary N) is 1. The molecule has 1 aromatic carbocycles. The number of hydrogen-bond donors (Lipinski definition) is 2. The molecule has 3 N–H and O–H groups in total. The minimum atomic E-state index is -0.566. The quantitative estimate of drug-likeness (QED) is 0.877. The first kappa shape index (κ1) is 17.1. The van der Waals surface area contributed by atoms with Crippen LogP contribution in [0.25, 0.3) is 0 Å². The van der Waals surface area contributed by atoms with E-state index < -0.39 is 5.41 Å². The van der Waals surface area contributed by atoms with Crippen LogP contribution >= 0.6 is 12.4 Å². The number of rotatable bonds is 2. The molecule has 3 rings (SSSR count). The maximum Gasteiger partial charge on any atom is 0.234 e. The third kappa shape index (κ3) is 1.97. The fraction of sp³-hybridized carbons (Fsp3) is 0.588. The summed E-state index contributed by atoms with van der Waals surface area (Å²) in [6.45, 7) is 10.7. The van der Waals surface area contributed by atoms with E-state index in [0.717, 1.165) is 29.0 Å². The zero-order valence-corrected chi connectivity index (χ0v) is 14.7.